The van der Waals surface area contributed by atoms with Crippen LogP contribution < -0.4 is 0 Å². The van der Waals surface area contributed by atoms with Gasteiger partial charge in [0.15, 0.2) is 0 Å². The van der Waals surface area contributed by atoms with Gasteiger partial charge in [0.1, 0.15) is 15.9 Å². The van der Waals surface area contributed by atoms with E-state index >= 15 is 0 Å². The van der Waals surface area contributed by atoms with E-state index in [1.807, 2.05) is 42.3 Å². The van der Waals surface area contributed by atoms with Crippen LogP contribution in [0.5, 0.6) is 0 Å². The number of pyridine rings is 1. The van der Waals surface area contributed by atoms with Crippen LogP contribution in [0.1, 0.15) is 64.2 Å². The van der Waals surface area contributed by atoms with Gasteiger partial charge in [0, 0.05) is 29.1 Å². The summed E-state index contributed by atoms with van der Waals surface area (Å²) in [5.74, 6) is 0.710. The number of nitrogens with zero attached hydrogens (tertiary/aromatic N) is 5. The maximum absolute atomic E-state index is 13.4. The van der Waals surface area contributed by atoms with Gasteiger partial charge in [0.05, 0.1) is 6.04 Å². The topological polar surface area (TPSA) is 85.0 Å². The molecule has 0 unspecified atom stereocenters. The van der Waals surface area contributed by atoms with Crippen LogP contribution >= 0.6 is 22.9 Å². The maximum atomic E-state index is 13.4. The molecular weight excluding hydrogens is 470 g/mol. The second-order valence-electron chi connectivity index (χ2n) is 8.58. The number of thiazole rings is 1. The summed E-state index contributed by atoms with van der Waals surface area (Å²) in [7, 11) is 0. The molecule has 9 heteroatoms. The standard InChI is InChI=1S/C25H24ClN5O2S/c1-15(11-17-7-4-3-5-8-17)22-29-30-23(33-22)19-12-18(13-21(26)28-19)25(32)31-10-6-9-20(31)24-27-16(2)14-34-24/h3-5,7-8,12-15,20H,6,9-11H2,1-2H3/t15-,20-/m1/s1. The molecule has 1 amide bonds. The summed E-state index contributed by atoms with van der Waals surface area (Å²) < 4.78 is 5.94. The van der Waals surface area contributed by atoms with E-state index in [1.54, 1.807) is 23.5 Å². The zero-order chi connectivity index (χ0) is 23.7. The van der Waals surface area contributed by atoms with E-state index < -0.39 is 0 Å². The number of likely N-dealkylation sites (tertiary alicyclic amines) is 1. The number of aromatic nitrogens is 4. The molecule has 0 spiro atoms. The number of halogens is 1. The molecule has 5 rings (SSSR count). The Kier molecular flexibility index (Phi) is 6.43. The second-order valence-corrected chi connectivity index (χ2v) is 9.86. The number of benzene rings is 1. The quantitative estimate of drug-likeness (QED) is 0.312. The SMILES string of the molecule is Cc1csc([C@H]2CCCN2C(=O)c2cc(Cl)nc(-c3nnc([C@H](C)Cc4ccccc4)o3)c2)n1. The summed E-state index contributed by atoms with van der Waals surface area (Å²) in [6, 6.07) is 13.4. The number of amides is 1. The van der Waals surface area contributed by atoms with Crippen molar-refractivity contribution in [2.75, 3.05) is 6.54 Å². The Morgan fingerprint density at radius 3 is 2.82 bits per heavy atom. The van der Waals surface area contributed by atoms with Crippen LogP contribution in [0.2, 0.25) is 5.15 Å². The predicted molar refractivity (Wildman–Crippen MR) is 131 cm³/mol. The van der Waals surface area contributed by atoms with Crippen molar-refractivity contribution in [2.24, 2.45) is 0 Å². The minimum Gasteiger partial charge on any atom is -0.419 e. The van der Waals surface area contributed by atoms with Gasteiger partial charge in [0.2, 0.25) is 5.89 Å². The zero-order valence-corrected chi connectivity index (χ0v) is 20.5. The van der Waals surface area contributed by atoms with E-state index in [0.29, 0.717) is 23.7 Å². The van der Waals surface area contributed by atoms with Gasteiger partial charge in [-0.25, -0.2) is 9.97 Å². The number of carbonyl (C=O) groups is 1. The van der Waals surface area contributed by atoms with Gasteiger partial charge < -0.3 is 9.32 Å². The molecule has 1 aromatic carbocycles. The van der Waals surface area contributed by atoms with Gasteiger partial charge in [-0.3, -0.25) is 4.79 Å². The zero-order valence-electron chi connectivity index (χ0n) is 18.9. The maximum Gasteiger partial charge on any atom is 0.266 e. The number of aryl methyl sites for hydroxylation is 1. The molecule has 0 saturated carbocycles. The van der Waals surface area contributed by atoms with Crippen LogP contribution in [0.4, 0.5) is 0 Å². The van der Waals surface area contributed by atoms with Crippen LogP contribution in [0.3, 0.4) is 0 Å². The van der Waals surface area contributed by atoms with Gasteiger partial charge in [-0.15, -0.1) is 21.5 Å². The molecule has 1 aliphatic heterocycles. The number of hydrogen-bond donors (Lipinski definition) is 0. The molecule has 0 N–H and O–H groups in total. The Labute approximate surface area is 206 Å². The molecule has 3 aromatic heterocycles. The van der Waals surface area contributed by atoms with Gasteiger partial charge in [0.25, 0.3) is 11.8 Å². The van der Waals surface area contributed by atoms with E-state index in [4.69, 9.17) is 16.0 Å². The summed E-state index contributed by atoms with van der Waals surface area (Å²) in [6.07, 6.45) is 2.62. The largest absolute Gasteiger partial charge is 0.419 e. The highest BCUT2D eigenvalue weighted by molar-refractivity contribution is 7.09. The third kappa shape index (κ3) is 4.74. The van der Waals surface area contributed by atoms with E-state index in [1.165, 1.54) is 5.56 Å². The predicted octanol–water partition coefficient (Wildman–Crippen LogP) is 5.87. The first kappa shape index (κ1) is 22.7. The lowest BCUT2D eigenvalue weighted by atomic mass is 10.0. The van der Waals surface area contributed by atoms with E-state index in [-0.39, 0.29) is 28.9 Å². The lowest BCUT2D eigenvalue weighted by molar-refractivity contribution is 0.0735. The van der Waals surface area contributed by atoms with E-state index in [2.05, 4.69) is 32.3 Å². The van der Waals surface area contributed by atoms with Crippen molar-refractivity contribution in [3.63, 3.8) is 0 Å². The molecule has 0 radical (unpaired) electrons. The second kappa shape index (κ2) is 9.64. The van der Waals surface area contributed by atoms with Crippen molar-refractivity contribution in [2.45, 2.75) is 45.1 Å². The molecule has 4 aromatic rings. The Balaban J connectivity index is 1.37. The molecule has 174 valence electrons. The normalized spacial score (nSPS) is 16.7. The fraction of sp³-hybridized carbons (Fsp3) is 0.320. The average Bonchev–Trinajstić information content (AvgIpc) is 3.59. The Bertz CT molecular complexity index is 1310. The average molecular weight is 494 g/mol. The summed E-state index contributed by atoms with van der Waals surface area (Å²) >= 11 is 7.90. The highest BCUT2D eigenvalue weighted by Crippen LogP contribution is 2.35. The molecule has 34 heavy (non-hydrogen) atoms. The molecule has 7 nitrogen and oxygen atoms in total. The first-order chi connectivity index (χ1) is 16.5. The minimum absolute atomic E-state index is 0.0181. The van der Waals surface area contributed by atoms with Crippen LogP contribution in [-0.4, -0.2) is 37.5 Å². The Morgan fingerprint density at radius 2 is 2.06 bits per heavy atom. The molecule has 0 aliphatic carbocycles. The third-order valence-corrected chi connectivity index (χ3v) is 7.20. The van der Waals surface area contributed by atoms with Crippen molar-refractivity contribution in [3.05, 3.63) is 80.7 Å². The lowest BCUT2D eigenvalue weighted by Gasteiger charge is -2.23. The van der Waals surface area contributed by atoms with Crippen molar-refractivity contribution < 1.29 is 9.21 Å². The molecule has 2 atom stereocenters. The Morgan fingerprint density at radius 1 is 1.24 bits per heavy atom. The van der Waals surface area contributed by atoms with E-state index in [9.17, 15) is 4.79 Å². The van der Waals surface area contributed by atoms with Crippen LogP contribution in [0.15, 0.2) is 52.3 Å². The van der Waals surface area contributed by atoms with Crippen molar-refractivity contribution in [3.8, 4) is 11.6 Å². The number of hydrogen-bond acceptors (Lipinski definition) is 7. The van der Waals surface area contributed by atoms with Gasteiger partial charge >= 0.3 is 0 Å². The van der Waals surface area contributed by atoms with Crippen molar-refractivity contribution in [1.29, 1.82) is 0 Å². The number of rotatable bonds is 6. The molecular formula is C25H24ClN5O2S. The smallest absolute Gasteiger partial charge is 0.266 e. The first-order valence-corrected chi connectivity index (χ1v) is 12.5. The van der Waals surface area contributed by atoms with Crippen molar-refractivity contribution in [1.82, 2.24) is 25.1 Å². The monoisotopic (exact) mass is 493 g/mol. The Hall–Kier alpha value is -3.10. The molecule has 1 fully saturated rings. The highest BCUT2D eigenvalue weighted by Gasteiger charge is 2.33. The van der Waals surface area contributed by atoms with Gasteiger partial charge in [-0.2, -0.15) is 0 Å². The van der Waals surface area contributed by atoms with Crippen LogP contribution in [-0.2, 0) is 6.42 Å². The summed E-state index contributed by atoms with van der Waals surface area (Å²) in [5.41, 5.74) is 3.01. The molecule has 1 aliphatic rings. The molecule has 4 heterocycles. The highest BCUT2D eigenvalue weighted by atomic mass is 35.5. The fourth-order valence-electron chi connectivity index (χ4n) is 4.28. The molecule has 1 saturated heterocycles. The molecule has 0 bridgehead atoms. The van der Waals surface area contributed by atoms with Gasteiger partial charge in [-0.05, 0) is 43.9 Å². The fourth-order valence-corrected chi connectivity index (χ4v) is 5.43. The lowest BCUT2D eigenvalue weighted by Crippen LogP contribution is -2.30. The van der Waals surface area contributed by atoms with Crippen molar-refractivity contribution >= 4 is 28.8 Å². The number of carbonyl (C=O) groups excluding carboxylic acids is 1. The summed E-state index contributed by atoms with van der Waals surface area (Å²) in [6.45, 7) is 4.69. The first-order valence-electron chi connectivity index (χ1n) is 11.3. The van der Waals surface area contributed by atoms with Gasteiger partial charge in [-0.1, -0.05) is 48.9 Å². The van der Waals surface area contributed by atoms with E-state index in [0.717, 1.165) is 30.0 Å². The third-order valence-electron chi connectivity index (χ3n) is 5.94. The minimum atomic E-state index is -0.0990. The summed E-state index contributed by atoms with van der Waals surface area (Å²) in [4.78, 5) is 24.3. The van der Waals surface area contributed by atoms with Crippen LogP contribution in [0, 0.1) is 6.92 Å². The van der Waals surface area contributed by atoms with Crippen LogP contribution in [0.25, 0.3) is 11.6 Å². The summed E-state index contributed by atoms with van der Waals surface area (Å²) in [5, 5.41) is 11.6.